The van der Waals surface area contributed by atoms with Crippen LogP contribution in [0.1, 0.15) is 35.1 Å². The van der Waals surface area contributed by atoms with E-state index >= 15 is 0 Å². The van der Waals surface area contributed by atoms with Crippen molar-refractivity contribution in [3.63, 3.8) is 0 Å². The lowest BCUT2D eigenvalue weighted by atomic mass is 10.1. The van der Waals surface area contributed by atoms with E-state index < -0.39 is 41.2 Å². The van der Waals surface area contributed by atoms with Gasteiger partial charge in [-0.1, -0.05) is 0 Å². The zero-order chi connectivity index (χ0) is 14.8. The quantitative estimate of drug-likeness (QED) is 0.684. The number of halogens is 5. The fraction of sp³-hybridized carbons (Fsp3) is 0.400. The summed E-state index contributed by atoms with van der Waals surface area (Å²) in [5.74, 6) is -1.23. The van der Waals surface area contributed by atoms with Crippen molar-refractivity contribution >= 4 is 11.7 Å². The number of alkyl halides is 5. The number of hydrogen-bond acceptors (Lipinski definition) is 4. The molecule has 0 amide bonds. The van der Waals surface area contributed by atoms with Gasteiger partial charge in [-0.3, -0.25) is 0 Å². The summed E-state index contributed by atoms with van der Waals surface area (Å²) < 4.78 is 67.4. The van der Waals surface area contributed by atoms with Crippen LogP contribution in [0, 0.1) is 0 Å². The highest BCUT2D eigenvalue weighted by Crippen LogP contribution is 2.37. The molecule has 19 heavy (non-hydrogen) atoms. The van der Waals surface area contributed by atoms with Crippen LogP contribution in [0.3, 0.4) is 0 Å². The van der Waals surface area contributed by atoms with Gasteiger partial charge in [-0.2, -0.15) is 13.2 Å². The van der Waals surface area contributed by atoms with E-state index in [0.717, 1.165) is 0 Å². The molecule has 0 saturated carbocycles. The molecule has 4 nitrogen and oxygen atoms in total. The largest absolute Gasteiger partial charge is 0.461 e. The van der Waals surface area contributed by atoms with Gasteiger partial charge in [0.15, 0.2) is 0 Å². The van der Waals surface area contributed by atoms with Crippen LogP contribution in [0.4, 0.5) is 27.6 Å². The molecule has 0 fully saturated rings. The highest BCUT2D eigenvalue weighted by molar-refractivity contribution is 5.88. The van der Waals surface area contributed by atoms with Crippen molar-refractivity contribution in [3.8, 4) is 0 Å². The average Bonchev–Trinajstić information content (AvgIpc) is 2.27. The minimum atomic E-state index is -4.97. The Balaban J connectivity index is 3.44. The van der Waals surface area contributed by atoms with Gasteiger partial charge in [0.05, 0.1) is 17.9 Å². The molecule has 0 aliphatic rings. The van der Waals surface area contributed by atoms with Gasteiger partial charge >= 0.3 is 12.1 Å². The van der Waals surface area contributed by atoms with Crippen LogP contribution in [-0.2, 0) is 10.9 Å². The second-order valence-corrected chi connectivity index (χ2v) is 3.37. The van der Waals surface area contributed by atoms with E-state index in [2.05, 4.69) is 9.72 Å². The van der Waals surface area contributed by atoms with Crippen molar-refractivity contribution in [3.05, 3.63) is 23.0 Å². The molecule has 1 rings (SSSR count). The highest BCUT2D eigenvalue weighted by Gasteiger charge is 2.37. The number of anilines is 1. The van der Waals surface area contributed by atoms with Gasteiger partial charge in [0, 0.05) is 0 Å². The summed E-state index contributed by atoms with van der Waals surface area (Å²) in [6.07, 6.45) is -8.31. The number of nitrogens with two attached hydrogens (primary N) is 1. The second-order valence-electron chi connectivity index (χ2n) is 3.37. The monoisotopic (exact) mass is 284 g/mol. The molecule has 0 saturated heterocycles. The lowest BCUT2D eigenvalue weighted by molar-refractivity contribution is -0.137. The van der Waals surface area contributed by atoms with Crippen molar-refractivity contribution in [2.45, 2.75) is 19.5 Å². The Morgan fingerprint density at radius 3 is 2.47 bits per heavy atom. The average molecular weight is 284 g/mol. The predicted octanol–water partition coefficient (Wildman–Crippen LogP) is 2.80. The summed E-state index contributed by atoms with van der Waals surface area (Å²) in [5.41, 5.74) is 0.103. The molecule has 0 aliphatic carbocycles. The van der Waals surface area contributed by atoms with Gasteiger partial charge < -0.3 is 10.5 Å². The van der Waals surface area contributed by atoms with Crippen LogP contribution in [0.5, 0.6) is 0 Å². The normalized spacial score (nSPS) is 11.7. The highest BCUT2D eigenvalue weighted by atomic mass is 19.4. The molecule has 106 valence electrons. The number of ether oxygens (including phenoxy) is 1. The van der Waals surface area contributed by atoms with Gasteiger partial charge in [-0.15, -0.1) is 0 Å². The van der Waals surface area contributed by atoms with E-state index in [1.54, 1.807) is 0 Å². The lowest BCUT2D eigenvalue weighted by Crippen LogP contribution is -2.17. The fourth-order valence-corrected chi connectivity index (χ4v) is 1.29. The number of aromatic nitrogens is 1. The number of rotatable bonds is 3. The Morgan fingerprint density at radius 1 is 1.47 bits per heavy atom. The molecule has 0 atom stereocenters. The Labute approximate surface area is 104 Å². The van der Waals surface area contributed by atoms with Gasteiger partial charge in [-0.25, -0.2) is 18.6 Å². The first kappa shape index (κ1) is 15.1. The molecule has 0 aliphatic heterocycles. The second kappa shape index (κ2) is 5.37. The van der Waals surface area contributed by atoms with Crippen molar-refractivity contribution in [1.29, 1.82) is 0 Å². The van der Waals surface area contributed by atoms with E-state index in [4.69, 9.17) is 5.73 Å². The van der Waals surface area contributed by atoms with Gasteiger partial charge in [0.25, 0.3) is 6.43 Å². The van der Waals surface area contributed by atoms with Gasteiger partial charge in [-0.05, 0) is 13.0 Å². The standard InChI is InChI=1S/C10H9F5N2O2/c1-2-19-9(18)5-3-4(10(13,14)15)6(16)7(17-5)8(11)12/h3,8H,2,16H2,1H3. The molecule has 1 heterocycles. The minimum absolute atomic E-state index is 0.129. The van der Waals surface area contributed by atoms with Crippen LogP contribution in [-0.4, -0.2) is 17.6 Å². The molecule has 1 aromatic heterocycles. The van der Waals surface area contributed by atoms with Crippen molar-refractivity contribution < 1.29 is 31.5 Å². The van der Waals surface area contributed by atoms with Gasteiger partial charge in [0.2, 0.25) is 0 Å². The number of esters is 1. The Kier molecular flexibility index (Phi) is 4.28. The van der Waals surface area contributed by atoms with E-state index in [9.17, 15) is 26.7 Å². The zero-order valence-electron chi connectivity index (χ0n) is 9.59. The van der Waals surface area contributed by atoms with Crippen molar-refractivity contribution in [1.82, 2.24) is 4.98 Å². The van der Waals surface area contributed by atoms with Crippen LogP contribution in [0.2, 0.25) is 0 Å². The van der Waals surface area contributed by atoms with Gasteiger partial charge in [0.1, 0.15) is 11.4 Å². The molecule has 1 aromatic rings. The summed E-state index contributed by atoms with van der Waals surface area (Å²) in [7, 11) is 0. The predicted molar refractivity (Wildman–Crippen MR) is 54.6 cm³/mol. The lowest BCUT2D eigenvalue weighted by Gasteiger charge is -2.14. The molecule has 0 spiro atoms. The third kappa shape index (κ3) is 3.30. The summed E-state index contributed by atoms with van der Waals surface area (Å²) in [4.78, 5) is 14.4. The third-order valence-electron chi connectivity index (χ3n) is 2.08. The smallest absolute Gasteiger partial charge is 0.418 e. The molecule has 0 bridgehead atoms. The van der Waals surface area contributed by atoms with E-state index in [0.29, 0.717) is 6.07 Å². The van der Waals surface area contributed by atoms with Crippen molar-refractivity contribution in [2.75, 3.05) is 12.3 Å². The van der Waals surface area contributed by atoms with Crippen LogP contribution in [0.25, 0.3) is 0 Å². The first-order chi connectivity index (χ1) is 8.68. The van der Waals surface area contributed by atoms with Crippen LogP contribution < -0.4 is 5.73 Å². The molecule has 0 radical (unpaired) electrons. The first-order valence-corrected chi connectivity index (χ1v) is 5.01. The Hall–Kier alpha value is -1.93. The van der Waals surface area contributed by atoms with Crippen LogP contribution >= 0.6 is 0 Å². The molecule has 0 aromatic carbocycles. The number of hydrogen-bond donors (Lipinski definition) is 1. The SMILES string of the molecule is CCOC(=O)c1cc(C(F)(F)F)c(N)c(C(F)F)n1. The van der Waals surface area contributed by atoms with E-state index in [1.165, 1.54) is 6.92 Å². The zero-order valence-corrected chi connectivity index (χ0v) is 9.59. The topological polar surface area (TPSA) is 65.2 Å². The minimum Gasteiger partial charge on any atom is -0.461 e. The number of carbonyl (C=O) groups is 1. The maximum absolute atomic E-state index is 12.6. The number of nitrogen functional groups attached to an aromatic ring is 1. The first-order valence-electron chi connectivity index (χ1n) is 5.01. The summed E-state index contributed by atoms with van der Waals surface area (Å²) in [6.45, 7) is 1.28. The summed E-state index contributed by atoms with van der Waals surface area (Å²) in [5, 5.41) is 0. The number of nitrogens with zero attached hydrogens (tertiary/aromatic N) is 1. The molecular formula is C10H9F5N2O2. The Bertz CT molecular complexity index is 488. The van der Waals surface area contributed by atoms with Crippen molar-refractivity contribution in [2.24, 2.45) is 0 Å². The maximum Gasteiger partial charge on any atom is 0.418 e. The Morgan fingerprint density at radius 2 is 2.05 bits per heavy atom. The third-order valence-corrected chi connectivity index (χ3v) is 2.08. The molecule has 2 N–H and O–H groups in total. The van der Waals surface area contributed by atoms with E-state index in [1.807, 2.05) is 0 Å². The molecular weight excluding hydrogens is 275 g/mol. The number of carbonyl (C=O) groups excluding carboxylic acids is 1. The summed E-state index contributed by atoms with van der Waals surface area (Å²) >= 11 is 0. The fourth-order valence-electron chi connectivity index (χ4n) is 1.29. The molecule has 0 unspecified atom stereocenters. The van der Waals surface area contributed by atoms with Crippen LogP contribution in [0.15, 0.2) is 6.07 Å². The summed E-state index contributed by atoms with van der Waals surface area (Å²) in [6, 6.07) is 0.291. The molecule has 9 heteroatoms. The number of pyridine rings is 1. The van der Waals surface area contributed by atoms with E-state index in [-0.39, 0.29) is 6.61 Å². The maximum atomic E-state index is 12.6.